The van der Waals surface area contributed by atoms with Crippen LogP contribution in [0.15, 0.2) is 0 Å². The minimum absolute atomic E-state index is 0.0664. The summed E-state index contributed by atoms with van der Waals surface area (Å²) in [5.74, 6) is 0.0664. The summed E-state index contributed by atoms with van der Waals surface area (Å²) in [6, 6.07) is 0. The summed E-state index contributed by atoms with van der Waals surface area (Å²) in [6.07, 6.45) is 0. The van der Waals surface area contributed by atoms with Gasteiger partial charge >= 0.3 is 0 Å². The summed E-state index contributed by atoms with van der Waals surface area (Å²) in [5, 5.41) is 0. The largest absolute Gasteiger partial charge is 0.391 e. The van der Waals surface area contributed by atoms with Gasteiger partial charge in [-0.3, -0.25) is 4.79 Å². The van der Waals surface area contributed by atoms with E-state index in [4.69, 9.17) is 0 Å². The molecular formula is C2H7NOSi. The third-order valence-electron chi connectivity index (χ3n) is 0.352. The second-order valence-corrected chi connectivity index (χ2v) is 1.31. The summed E-state index contributed by atoms with van der Waals surface area (Å²) in [4.78, 5) is 12.3. The van der Waals surface area contributed by atoms with Crippen molar-refractivity contribution in [3.05, 3.63) is 0 Å². The maximum absolute atomic E-state index is 9.74. The Labute approximate surface area is 34.1 Å². The van der Waals surface area contributed by atoms with Crippen molar-refractivity contribution in [2.24, 2.45) is 0 Å². The van der Waals surface area contributed by atoms with E-state index in [1.54, 1.807) is 0 Å². The Morgan fingerprint density at radius 2 is 2.20 bits per heavy atom. The second-order valence-electron chi connectivity index (χ2n) is 0.806. The van der Waals surface area contributed by atoms with Crippen molar-refractivity contribution in [2.45, 2.75) is 6.92 Å². The number of carbonyl (C=O) groups excluding carboxylic acids is 1. The first-order chi connectivity index (χ1) is 2.27. The van der Waals surface area contributed by atoms with E-state index in [1.165, 1.54) is 6.92 Å². The number of hydrogen-bond acceptors (Lipinski definition) is 1. The number of amides is 1. The third-order valence-corrected chi connectivity index (χ3v) is 1.06. The molecule has 0 bridgehead atoms. The Morgan fingerprint density at radius 3 is 2.20 bits per heavy atom. The van der Waals surface area contributed by atoms with Crippen LogP contribution in [0.4, 0.5) is 0 Å². The molecular weight excluding hydrogens is 82.1 g/mol. The lowest BCUT2D eigenvalue weighted by atomic mass is 10.8. The van der Waals surface area contributed by atoms with E-state index in [9.17, 15) is 4.79 Å². The lowest BCUT2D eigenvalue weighted by Crippen LogP contribution is -2.14. The van der Waals surface area contributed by atoms with Gasteiger partial charge in [0.25, 0.3) is 0 Å². The zero-order chi connectivity index (χ0) is 4.28. The highest BCUT2D eigenvalue weighted by molar-refractivity contribution is 6.13. The van der Waals surface area contributed by atoms with Crippen molar-refractivity contribution in [1.82, 2.24) is 4.98 Å². The van der Waals surface area contributed by atoms with Crippen molar-refractivity contribution in [3.8, 4) is 0 Å². The van der Waals surface area contributed by atoms with Gasteiger partial charge in [0.2, 0.25) is 5.91 Å². The smallest absolute Gasteiger partial charge is 0.208 e. The molecule has 0 spiro atoms. The molecule has 0 saturated heterocycles. The highest BCUT2D eigenvalue weighted by atomic mass is 28.2. The molecule has 0 fully saturated rings. The van der Waals surface area contributed by atoms with Gasteiger partial charge in [0, 0.05) is 6.92 Å². The summed E-state index contributed by atoms with van der Waals surface area (Å²) in [5.41, 5.74) is 0. The van der Waals surface area contributed by atoms with Gasteiger partial charge in [0.15, 0.2) is 0 Å². The van der Waals surface area contributed by atoms with Crippen LogP contribution in [-0.2, 0) is 4.79 Å². The molecule has 0 rings (SSSR count). The van der Waals surface area contributed by atoms with Crippen molar-refractivity contribution in [3.63, 3.8) is 0 Å². The van der Waals surface area contributed by atoms with Crippen molar-refractivity contribution >= 4 is 16.3 Å². The van der Waals surface area contributed by atoms with Crippen LogP contribution in [0.3, 0.4) is 0 Å². The van der Waals surface area contributed by atoms with Gasteiger partial charge in [-0.15, -0.1) is 0 Å². The van der Waals surface area contributed by atoms with E-state index in [-0.39, 0.29) is 5.91 Å². The van der Waals surface area contributed by atoms with Crippen LogP contribution < -0.4 is 4.98 Å². The van der Waals surface area contributed by atoms with Crippen molar-refractivity contribution < 1.29 is 4.79 Å². The van der Waals surface area contributed by atoms with Crippen LogP contribution in [0.5, 0.6) is 0 Å². The molecule has 0 aliphatic carbocycles. The van der Waals surface area contributed by atoms with Crippen LogP contribution in [0.2, 0.25) is 0 Å². The van der Waals surface area contributed by atoms with Gasteiger partial charge in [-0.05, 0) is 0 Å². The van der Waals surface area contributed by atoms with E-state index in [0.29, 0.717) is 0 Å². The summed E-state index contributed by atoms with van der Waals surface area (Å²) in [7, 11) is 0.774. The highest BCUT2D eigenvalue weighted by Gasteiger charge is 1.72. The quantitative estimate of drug-likeness (QED) is 0.356. The SMILES string of the molecule is CC(=O)N[SiH3]. The molecule has 1 amide bonds. The average molecular weight is 89.2 g/mol. The van der Waals surface area contributed by atoms with Crippen LogP contribution in [0.1, 0.15) is 6.92 Å². The molecule has 0 aromatic carbocycles. The van der Waals surface area contributed by atoms with Crippen LogP contribution in [0.25, 0.3) is 0 Å². The molecule has 0 aliphatic rings. The summed E-state index contributed by atoms with van der Waals surface area (Å²) in [6.45, 7) is 1.51. The maximum atomic E-state index is 9.74. The first kappa shape index (κ1) is 4.69. The van der Waals surface area contributed by atoms with Gasteiger partial charge < -0.3 is 4.98 Å². The predicted octanol–water partition coefficient (Wildman–Crippen LogP) is -1.60. The number of hydrogen-bond donors (Lipinski definition) is 1. The van der Waals surface area contributed by atoms with E-state index in [2.05, 4.69) is 4.98 Å². The van der Waals surface area contributed by atoms with E-state index >= 15 is 0 Å². The van der Waals surface area contributed by atoms with E-state index in [0.717, 1.165) is 10.4 Å². The van der Waals surface area contributed by atoms with Gasteiger partial charge in [0.05, 0.1) is 0 Å². The number of rotatable bonds is 0. The Hall–Kier alpha value is -0.313. The Morgan fingerprint density at radius 1 is 2.00 bits per heavy atom. The molecule has 5 heavy (non-hydrogen) atoms. The summed E-state index contributed by atoms with van der Waals surface area (Å²) < 4.78 is 0. The number of carbonyl (C=O) groups is 1. The molecule has 0 unspecified atom stereocenters. The van der Waals surface area contributed by atoms with Gasteiger partial charge in [-0.1, -0.05) is 0 Å². The molecule has 0 radical (unpaired) electrons. The normalized spacial score (nSPS) is 7.40. The fourth-order valence-electron chi connectivity index (χ4n) is 0. The standard InChI is InChI=1S/C2H7NOSi/c1-2(4)3-5/h1,5H3,(H,3,4). The lowest BCUT2D eigenvalue weighted by Gasteiger charge is -1.80. The molecule has 0 saturated carbocycles. The third kappa shape index (κ3) is 3.69. The first-order valence-electron chi connectivity index (χ1n) is 1.45. The van der Waals surface area contributed by atoms with Gasteiger partial charge in [0.1, 0.15) is 10.4 Å². The minimum Gasteiger partial charge on any atom is -0.391 e. The first-order valence-corrected chi connectivity index (χ1v) is 2.45. The lowest BCUT2D eigenvalue weighted by molar-refractivity contribution is -0.117. The molecule has 30 valence electrons. The van der Waals surface area contributed by atoms with E-state index in [1.807, 2.05) is 0 Å². The fraction of sp³-hybridized carbons (Fsp3) is 0.500. The topological polar surface area (TPSA) is 29.1 Å². The van der Waals surface area contributed by atoms with Crippen LogP contribution in [-0.4, -0.2) is 16.3 Å². The van der Waals surface area contributed by atoms with Crippen LogP contribution >= 0.6 is 0 Å². The highest BCUT2D eigenvalue weighted by Crippen LogP contribution is 1.44. The zero-order valence-corrected chi connectivity index (χ0v) is 5.41. The Kier molecular flexibility index (Phi) is 1.84. The molecule has 0 aromatic heterocycles. The van der Waals surface area contributed by atoms with Crippen LogP contribution in [0, 0.1) is 0 Å². The molecule has 0 heterocycles. The molecule has 0 aliphatic heterocycles. The van der Waals surface area contributed by atoms with Gasteiger partial charge in [-0.25, -0.2) is 0 Å². The Balaban J connectivity index is 2.85. The van der Waals surface area contributed by atoms with E-state index < -0.39 is 0 Å². The predicted molar refractivity (Wildman–Crippen MR) is 23.8 cm³/mol. The molecule has 0 aromatic rings. The molecule has 2 nitrogen and oxygen atoms in total. The zero-order valence-electron chi connectivity index (χ0n) is 3.41. The Bertz CT molecular complexity index is 44.9. The average Bonchev–Trinajstić information content (AvgIpc) is 1.38. The summed E-state index contributed by atoms with van der Waals surface area (Å²) >= 11 is 0. The second kappa shape index (κ2) is 1.96. The van der Waals surface area contributed by atoms with Crippen molar-refractivity contribution in [1.29, 1.82) is 0 Å². The number of nitrogens with one attached hydrogen (secondary N) is 1. The molecule has 0 atom stereocenters. The molecule has 1 N–H and O–H groups in total. The minimum atomic E-state index is 0.0664. The van der Waals surface area contributed by atoms with Gasteiger partial charge in [-0.2, -0.15) is 0 Å². The monoisotopic (exact) mass is 89.0 g/mol. The fourth-order valence-corrected chi connectivity index (χ4v) is 0. The van der Waals surface area contributed by atoms with Crippen molar-refractivity contribution in [2.75, 3.05) is 0 Å². The molecule has 3 heteroatoms. The maximum Gasteiger partial charge on any atom is 0.208 e.